The van der Waals surface area contributed by atoms with Crippen molar-refractivity contribution in [1.82, 2.24) is 10.2 Å². The predicted octanol–water partition coefficient (Wildman–Crippen LogP) is 1.17. The third kappa shape index (κ3) is 3.12. The van der Waals surface area contributed by atoms with Crippen LogP contribution in [-0.2, 0) is 0 Å². The van der Waals surface area contributed by atoms with Gasteiger partial charge < -0.3 is 10.2 Å². The molecule has 0 aromatic carbocycles. The summed E-state index contributed by atoms with van der Waals surface area (Å²) in [5, 5.41) is 3.06. The van der Waals surface area contributed by atoms with Crippen molar-refractivity contribution in [1.29, 1.82) is 0 Å². The lowest BCUT2D eigenvalue weighted by Gasteiger charge is -2.32. The Bertz CT molecular complexity index is 226. The molecule has 1 aliphatic rings. The lowest BCUT2D eigenvalue weighted by atomic mass is 9.93. The first-order chi connectivity index (χ1) is 6.41. The molecule has 1 heterocycles. The van der Waals surface area contributed by atoms with Crippen LogP contribution in [0.2, 0.25) is 0 Å². The number of nitrogens with one attached hydrogen (secondary N) is 1. The summed E-state index contributed by atoms with van der Waals surface area (Å²) in [6.07, 6.45) is -2.32. The smallest absolute Gasteiger partial charge is 0.255 e. The fourth-order valence-electron chi connectivity index (χ4n) is 1.27. The minimum Gasteiger partial charge on any atom is -0.356 e. The number of hydrogen-bond acceptors (Lipinski definition) is 3. The van der Waals surface area contributed by atoms with Crippen molar-refractivity contribution in [3.63, 3.8) is 0 Å². The van der Waals surface area contributed by atoms with E-state index in [-0.39, 0.29) is 12.0 Å². The van der Waals surface area contributed by atoms with Gasteiger partial charge in [-0.05, 0) is 0 Å². The molecule has 14 heavy (non-hydrogen) atoms. The minimum atomic E-state index is -2.32. The van der Waals surface area contributed by atoms with Crippen molar-refractivity contribution in [2.45, 2.75) is 20.3 Å². The van der Waals surface area contributed by atoms with Crippen molar-refractivity contribution in [3.05, 3.63) is 0 Å². The Kier molecular flexibility index (Phi) is 3.29. The molecule has 1 N–H and O–H groups in total. The highest BCUT2D eigenvalue weighted by atomic mass is 19.3. The van der Waals surface area contributed by atoms with Crippen LogP contribution in [0, 0.1) is 5.41 Å². The van der Waals surface area contributed by atoms with Gasteiger partial charge in [-0.15, -0.1) is 0 Å². The Labute approximate surface area is 83.2 Å². The molecule has 0 aromatic rings. The van der Waals surface area contributed by atoms with E-state index in [9.17, 15) is 8.78 Å². The lowest BCUT2D eigenvalue weighted by Crippen LogP contribution is -2.49. The molecule has 0 amide bonds. The van der Waals surface area contributed by atoms with Crippen molar-refractivity contribution in [2.75, 3.05) is 26.7 Å². The SMILES string of the molecule is CN(CC(F)F)C1=NCC(C)(C)CN1. The fourth-order valence-corrected chi connectivity index (χ4v) is 1.27. The van der Waals surface area contributed by atoms with Crippen LogP contribution in [0.4, 0.5) is 8.78 Å². The largest absolute Gasteiger partial charge is 0.356 e. The van der Waals surface area contributed by atoms with E-state index in [0.717, 1.165) is 6.54 Å². The second-order valence-corrected chi connectivity index (χ2v) is 4.43. The molecule has 0 fully saturated rings. The van der Waals surface area contributed by atoms with Gasteiger partial charge in [-0.3, -0.25) is 4.99 Å². The predicted molar refractivity (Wildman–Crippen MR) is 52.7 cm³/mol. The summed E-state index contributed by atoms with van der Waals surface area (Å²) in [6, 6.07) is 0. The van der Waals surface area contributed by atoms with E-state index < -0.39 is 6.43 Å². The molecule has 0 unspecified atom stereocenters. The summed E-state index contributed by atoms with van der Waals surface area (Å²) in [7, 11) is 1.62. The number of hydrogen-bond donors (Lipinski definition) is 1. The van der Waals surface area contributed by atoms with E-state index in [0.29, 0.717) is 12.5 Å². The second kappa shape index (κ2) is 4.11. The first-order valence-corrected chi connectivity index (χ1v) is 4.68. The zero-order valence-corrected chi connectivity index (χ0v) is 8.85. The van der Waals surface area contributed by atoms with Crippen LogP contribution in [0.15, 0.2) is 4.99 Å². The van der Waals surface area contributed by atoms with Crippen LogP contribution in [0.25, 0.3) is 0 Å². The van der Waals surface area contributed by atoms with Gasteiger partial charge in [-0.25, -0.2) is 8.78 Å². The van der Waals surface area contributed by atoms with E-state index in [4.69, 9.17) is 0 Å². The molecule has 0 radical (unpaired) electrons. The summed E-state index contributed by atoms with van der Waals surface area (Å²) >= 11 is 0. The van der Waals surface area contributed by atoms with Gasteiger partial charge in [-0.1, -0.05) is 13.8 Å². The standard InChI is InChI=1S/C9H17F2N3/c1-9(2)5-12-8(13-6-9)14(3)4-7(10)11/h7H,4-6H2,1-3H3,(H,12,13). The molecule has 5 heteroatoms. The van der Waals surface area contributed by atoms with Crippen molar-refractivity contribution < 1.29 is 8.78 Å². The summed E-state index contributed by atoms with van der Waals surface area (Å²) < 4.78 is 24.1. The number of rotatable bonds is 2. The van der Waals surface area contributed by atoms with Gasteiger partial charge in [0.2, 0.25) is 0 Å². The number of nitrogens with zero attached hydrogens (tertiary/aromatic N) is 2. The molecule has 0 spiro atoms. The van der Waals surface area contributed by atoms with Gasteiger partial charge >= 0.3 is 0 Å². The maximum absolute atomic E-state index is 12.1. The molecule has 1 rings (SSSR count). The van der Waals surface area contributed by atoms with E-state index in [2.05, 4.69) is 24.2 Å². The number of halogens is 2. The average Bonchev–Trinajstić information content (AvgIpc) is 2.02. The molecule has 3 nitrogen and oxygen atoms in total. The highest BCUT2D eigenvalue weighted by Crippen LogP contribution is 2.17. The van der Waals surface area contributed by atoms with Gasteiger partial charge in [0, 0.05) is 25.6 Å². The molecular formula is C9H17F2N3. The van der Waals surface area contributed by atoms with E-state index in [1.54, 1.807) is 7.05 Å². The molecule has 0 bridgehead atoms. The van der Waals surface area contributed by atoms with Crippen LogP contribution in [0.1, 0.15) is 13.8 Å². The normalized spacial score (nSPS) is 20.3. The van der Waals surface area contributed by atoms with E-state index in [1.165, 1.54) is 4.90 Å². The molecule has 0 aliphatic carbocycles. The average molecular weight is 205 g/mol. The first-order valence-electron chi connectivity index (χ1n) is 4.68. The third-order valence-electron chi connectivity index (χ3n) is 2.16. The maximum atomic E-state index is 12.1. The Morgan fingerprint density at radius 3 is 2.64 bits per heavy atom. The molecule has 82 valence electrons. The topological polar surface area (TPSA) is 27.6 Å². The van der Waals surface area contributed by atoms with Crippen molar-refractivity contribution >= 4 is 5.96 Å². The van der Waals surface area contributed by atoms with Gasteiger partial charge in [0.05, 0.1) is 6.54 Å². The van der Waals surface area contributed by atoms with Gasteiger partial charge in [-0.2, -0.15) is 0 Å². The zero-order chi connectivity index (χ0) is 10.8. The van der Waals surface area contributed by atoms with Crippen LogP contribution in [0.5, 0.6) is 0 Å². The highest BCUT2D eigenvalue weighted by molar-refractivity contribution is 5.80. The van der Waals surface area contributed by atoms with Crippen LogP contribution in [0.3, 0.4) is 0 Å². The summed E-state index contributed by atoms with van der Waals surface area (Å²) in [5.41, 5.74) is 0.120. The molecule has 0 saturated heterocycles. The Balaban J connectivity index is 2.50. The molecule has 1 aliphatic heterocycles. The van der Waals surface area contributed by atoms with E-state index in [1.807, 2.05) is 0 Å². The van der Waals surface area contributed by atoms with Crippen LogP contribution in [-0.4, -0.2) is 44.0 Å². The highest BCUT2D eigenvalue weighted by Gasteiger charge is 2.24. The Hall–Kier alpha value is -0.870. The summed E-state index contributed by atoms with van der Waals surface area (Å²) in [6.45, 7) is 5.37. The third-order valence-corrected chi connectivity index (χ3v) is 2.16. The van der Waals surface area contributed by atoms with Gasteiger partial charge in [0.1, 0.15) is 0 Å². The summed E-state index contributed by atoms with van der Waals surface area (Å²) in [5.74, 6) is 0.574. The number of aliphatic imine (C=N–C) groups is 1. The Morgan fingerprint density at radius 2 is 2.21 bits per heavy atom. The second-order valence-electron chi connectivity index (χ2n) is 4.43. The number of guanidine groups is 1. The van der Waals surface area contributed by atoms with Gasteiger partial charge in [0.25, 0.3) is 6.43 Å². The van der Waals surface area contributed by atoms with Gasteiger partial charge in [0.15, 0.2) is 5.96 Å². The Morgan fingerprint density at radius 1 is 1.57 bits per heavy atom. The monoisotopic (exact) mass is 205 g/mol. The van der Waals surface area contributed by atoms with E-state index >= 15 is 0 Å². The summed E-state index contributed by atoms with van der Waals surface area (Å²) in [4.78, 5) is 5.69. The molecular weight excluding hydrogens is 188 g/mol. The molecule has 0 saturated carbocycles. The van der Waals surface area contributed by atoms with Crippen molar-refractivity contribution in [3.8, 4) is 0 Å². The quantitative estimate of drug-likeness (QED) is 0.732. The first kappa shape index (κ1) is 11.2. The molecule has 0 aromatic heterocycles. The lowest BCUT2D eigenvalue weighted by molar-refractivity contribution is 0.121. The fraction of sp³-hybridized carbons (Fsp3) is 0.889. The van der Waals surface area contributed by atoms with Crippen LogP contribution < -0.4 is 5.32 Å². The number of alkyl halides is 2. The van der Waals surface area contributed by atoms with Crippen molar-refractivity contribution in [2.24, 2.45) is 10.4 Å². The maximum Gasteiger partial charge on any atom is 0.255 e. The molecule has 0 atom stereocenters. The van der Waals surface area contributed by atoms with Crippen LogP contribution >= 0.6 is 0 Å². The zero-order valence-electron chi connectivity index (χ0n) is 8.85. The minimum absolute atomic E-state index is 0.120.